The van der Waals surface area contributed by atoms with Crippen molar-refractivity contribution in [1.82, 2.24) is 0 Å². The quantitative estimate of drug-likeness (QED) is 0.629. The smallest absolute Gasteiger partial charge is 0.320 e. The Morgan fingerprint density at radius 1 is 1.73 bits per heavy atom. The summed E-state index contributed by atoms with van der Waals surface area (Å²) in [7, 11) is 0. The lowest BCUT2D eigenvalue weighted by molar-refractivity contribution is -0.141. The molecule has 1 aliphatic rings. The number of alkyl halides is 1. The Morgan fingerprint density at radius 2 is 2.27 bits per heavy atom. The Morgan fingerprint density at radius 3 is 2.64 bits per heavy atom. The highest BCUT2D eigenvalue weighted by Gasteiger charge is 2.36. The van der Waals surface area contributed by atoms with Crippen molar-refractivity contribution in [2.45, 2.75) is 18.9 Å². The van der Waals surface area contributed by atoms with Gasteiger partial charge in [-0.05, 0) is 24.7 Å². The summed E-state index contributed by atoms with van der Waals surface area (Å²) in [5, 5.41) is 8.46. The maximum Gasteiger partial charge on any atom is 0.320 e. The van der Waals surface area contributed by atoms with Crippen molar-refractivity contribution < 1.29 is 14.3 Å². The summed E-state index contributed by atoms with van der Waals surface area (Å²) < 4.78 is 11.9. The highest BCUT2D eigenvalue weighted by atomic mass is 19.1. The van der Waals surface area contributed by atoms with Crippen molar-refractivity contribution in [2.24, 2.45) is 17.6 Å². The standard InChI is InChI=1S/C7H12FNO2/c8-3-4-1-5(2-4)6(9)7(10)11/h4-6H,1-3,9H2,(H,10,11). The Hall–Kier alpha value is -0.640. The van der Waals surface area contributed by atoms with Crippen molar-refractivity contribution in [3.63, 3.8) is 0 Å². The molecule has 0 spiro atoms. The second-order valence-corrected chi connectivity index (χ2v) is 3.12. The molecule has 1 unspecified atom stereocenters. The molecule has 1 rings (SSSR count). The number of nitrogens with two attached hydrogens (primary N) is 1. The first-order chi connectivity index (χ1) is 5.15. The topological polar surface area (TPSA) is 63.3 Å². The summed E-state index contributed by atoms with van der Waals surface area (Å²) in [6.45, 7) is -0.344. The number of carbonyl (C=O) groups is 1. The van der Waals surface area contributed by atoms with Crippen LogP contribution >= 0.6 is 0 Å². The van der Waals surface area contributed by atoms with E-state index in [4.69, 9.17) is 10.8 Å². The molecule has 1 atom stereocenters. The Bertz CT molecular complexity index is 157. The number of hydrogen-bond acceptors (Lipinski definition) is 2. The summed E-state index contributed by atoms with van der Waals surface area (Å²) in [6, 6.07) is -0.794. The average Bonchev–Trinajstić information content (AvgIpc) is 1.85. The van der Waals surface area contributed by atoms with Crippen LogP contribution in [-0.2, 0) is 4.79 Å². The normalized spacial score (nSPS) is 32.5. The molecule has 1 aliphatic carbocycles. The second-order valence-electron chi connectivity index (χ2n) is 3.12. The Kier molecular flexibility index (Phi) is 2.44. The van der Waals surface area contributed by atoms with Crippen molar-refractivity contribution in [2.75, 3.05) is 6.67 Å². The molecule has 4 heteroatoms. The molecule has 3 nitrogen and oxygen atoms in total. The fourth-order valence-corrected chi connectivity index (χ4v) is 1.41. The minimum absolute atomic E-state index is 0.00625. The molecule has 0 saturated heterocycles. The van der Waals surface area contributed by atoms with E-state index in [2.05, 4.69) is 0 Å². The van der Waals surface area contributed by atoms with Crippen LogP contribution < -0.4 is 5.73 Å². The summed E-state index contributed by atoms with van der Waals surface area (Å²) >= 11 is 0. The molecule has 11 heavy (non-hydrogen) atoms. The molecule has 0 bridgehead atoms. The van der Waals surface area contributed by atoms with Crippen LogP contribution in [0, 0.1) is 11.8 Å². The van der Waals surface area contributed by atoms with Gasteiger partial charge in [-0.1, -0.05) is 0 Å². The lowest BCUT2D eigenvalue weighted by Crippen LogP contribution is -2.44. The highest BCUT2D eigenvalue weighted by Crippen LogP contribution is 2.35. The molecule has 0 aromatic heterocycles. The first-order valence-electron chi connectivity index (χ1n) is 3.69. The van der Waals surface area contributed by atoms with Gasteiger partial charge < -0.3 is 10.8 Å². The third-order valence-electron chi connectivity index (χ3n) is 2.28. The summed E-state index contributed by atoms with van der Waals surface area (Å²) in [4.78, 5) is 10.3. The van der Waals surface area contributed by atoms with Gasteiger partial charge in [0.2, 0.25) is 0 Å². The van der Waals surface area contributed by atoms with Gasteiger partial charge in [0.05, 0.1) is 6.67 Å². The monoisotopic (exact) mass is 161 g/mol. The number of halogens is 1. The first-order valence-corrected chi connectivity index (χ1v) is 3.69. The van der Waals surface area contributed by atoms with Gasteiger partial charge in [0, 0.05) is 0 Å². The van der Waals surface area contributed by atoms with Gasteiger partial charge in [0.1, 0.15) is 6.04 Å². The molecule has 0 aromatic rings. The van der Waals surface area contributed by atoms with E-state index in [9.17, 15) is 9.18 Å². The lowest BCUT2D eigenvalue weighted by atomic mass is 9.72. The van der Waals surface area contributed by atoms with Crippen LogP contribution in [0.4, 0.5) is 4.39 Å². The molecular weight excluding hydrogens is 149 g/mol. The molecule has 0 amide bonds. The van der Waals surface area contributed by atoms with Crippen LogP contribution in [-0.4, -0.2) is 23.8 Å². The molecular formula is C7H12FNO2. The van der Waals surface area contributed by atoms with Crippen molar-refractivity contribution in [3.8, 4) is 0 Å². The van der Waals surface area contributed by atoms with Crippen LogP contribution in [0.25, 0.3) is 0 Å². The predicted molar refractivity (Wildman–Crippen MR) is 37.8 cm³/mol. The zero-order valence-electron chi connectivity index (χ0n) is 6.16. The van der Waals surface area contributed by atoms with Gasteiger partial charge in [-0.25, -0.2) is 0 Å². The molecule has 0 aliphatic heterocycles. The van der Waals surface area contributed by atoms with Crippen LogP contribution in [0.15, 0.2) is 0 Å². The van der Waals surface area contributed by atoms with Crippen molar-refractivity contribution >= 4 is 5.97 Å². The van der Waals surface area contributed by atoms with E-state index < -0.39 is 12.0 Å². The van der Waals surface area contributed by atoms with E-state index in [1.807, 2.05) is 0 Å². The van der Waals surface area contributed by atoms with E-state index in [0.717, 1.165) is 0 Å². The van der Waals surface area contributed by atoms with Gasteiger partial charge in [-0.2, -0.15) is 0 Å². The third kappa shape index (κ3) is 1.68. The van der Waals surface area contributed by atoms with Crippen LogP contribution in [0.1, 0.15) is 12.8 Å². The predicted octanol–water partition coefficient (Wildman–Crippen LogP) is 0.394. The van der Waals surface area contributed by atoms with E-state index in [1.54, 1.807) is 0 Å². The zero-order chi connectivity index (χ0) is 8.43. The molecule has 64 valence electrons. The molecule has 1 saturated carbocycles. The fraction of sp³-hybridized carbons (Fsp3) is 0.857. The largest absolute Gasteiger partial charge is 0.480 e. The van der Waals surface area contributed by atoms with Gasteiger partial charge in [0.15, 0.2) is 0 Å². The maximum absolute atomic E-state index is 11.9. The lowest BCUT2D eigenvalue weighted by Gasteiger charge is -2.35. The molecule has 0 radical (unpaired) electrons. The van der Waals surface area contributed by atoms with Crippen LogP contribution in [0.2, 0.25) is 0 Å². The SMILES string of the molecule is NC(C(=O)O)C1CC(CF)C1. The van der Waals surface area contributed by atoms with E-state index >= 15 is 0 Å². The molecule has 0 aromatic carbocycles. The average molecular weight is 161 g/mol. The Balaban J connectivity index is 2.26. The van der Waals surface area contributed by atoms with Gasteiger partial charge in [0.25, 0.3) is 0 Å². The number of carboxylic acids is 1. The van der Waals surface area contributed by atoms with Gasteiger partial charge in [-0.3, -0.25) is 9.18 Å². The fourth-order valence-electron chi connectivity index (χ4n) is 1.41. The summed E-state index contributed by atoms with van der Waals surface area (Å²) in [5.41, 5.74) is 5.32. The van der Waals surface area contributed by atoms with Gasteiger partial charge >= 0.3 is 5.97 Å². The number of rotatable bonds is 3. The number of carboxylic acid groups (broad SMARTS) is 1. The van der Waals surface area contributed by atoms with Crippen LogP contribution in [0.3, 0.4) is 0 Å². The Labute approximate surface area is 64.4 Å². The molecule has 0 heterocycles. The minimum Gasteiger partial charge on any atom is -0.480 e. The second kappa shape index (κ2) is 3.17. The van der Waals surface area contributed by atoms with E-state index in [-0.39, 0.29) is 18.5 Å². The van der Waals surface area contributed by atoms with Crippen molar-refractivity contribution in [3.05, 3.63) is 0 Å². The zero-order valence-corrected chi connectivity index (χ0v) is 6.16. The van der Waals surface area contributed by atoms with Gasteiger partial charge in [-0.15, -0.1) is 0 Å². The van der Waals surface area contributed by atoms with Crippen LogP contribution in [0.5, 0.6) is 0 Å². The molecule has 1 fully saturated rings. The highest BCUT2D eigenvalue weighted by molar-refractivity contribution is 5.73. The molecule has 3 N–H and O–H groups in total. The number of hydrogen-bond donors (Lipinski definition) is 2. The summed E-state index contributed by atoms with van der Waals surface area (Å²) in [5.74, 6) is -0.925. The summed E-state index contributed by atoms with van der Waals surface area (Å²) in [6.07, 6.45) is 1.26. The third-order valence-corrected chi connectivity index (χ3v) is 2.28. The van der Waals surface area contributed by atoms with Crippen molar-refractivity contribution in [1.29, 1.82) is 0 Å². The minimum atomic E-state index is -0.979. The first kappa shape index (κ1) is 8.46. The maximum atomic E-state index is 11.9. The van der Waals surface area contributed by atoms with E-state index in [1.165, 1.54) is 0 Å². The number of aliphatic carboxylic acids is 1. The van der Waals surface area contributed by atoms with E-state index in [0.29, 0.717) is 12.8 Å².